The van der Waals surface area contributed by atoms with Crippen LogP contribution in [0.4, 0.5) is 18.9 Å². The van der Waals surface area contributed by atoms with Gasteiger partial charge in [-0.3, -0.25) is 9.59 Å². The molecule has 1 atom stereocenters. The molecule has 0 saturated heterocycles. The van der Waals surface area contributed by atoms with Crippen molar-refractivity contribution >= 4 is 29.1 Å². The Balaban J connectivity index is 1.96. The van der Waals surface area contributed by atoms with Crippen molar-refractivity contribution in [3.63, 3.8) is 0 Å². The normalized spacial score (nSPS) is 12.3. The molecule has 0 aliphatic heterocycles. The average molecular weight is 385 g/mol. The molecule has 2 aromatic carbocycles. The van der Waals surface area contributed by atoms with Crippen LogP contribution in [0.3, 0.4) is 0 Å². The van der Waals surface area contributed by atoms with Crippen LogP contribution < -0.4 is 10.6 Å². The van der Waals surface area contributed by atoms with Gasteiger partial charge < -0.3 is 10.6 Å². The van der Waals surface area contributed by atoms with Gasteiger partial charge in [-0.1, -0.05) is 48.9 Å². The van der Waals surface area contributed by atoms with Crippen LogP contribution in [0, 0.1) is 0 Å². The van der Waals surface area contributed by atoms with Gasteiger partial charge in [-0.05, 0) is 29.7 Å². The maximum Gasteiger partial charge on any atom is 0.417 e. The van der Waals surface area contributed by atoms with E-state index in [1.165, 1.54) is 6.07 Å². The number of hydrogen-bond donors (Lipinski definition) is 2. The zero-order valence-corrected chi connectivity index (χ0v) is 14.5. The van der Waals surface area contributed by atoms with Gasteiger partial charge in [-0.25, -0.2) is 0 Å². The van der Waals surface area contributed by atoms with Gasteiger partial charge >= 0.3 is 18.0 Å². The van der Waals surface area contributed by atoms with E-state index in [1.807, 2.05) is 37.3 Å². The first-order valence-corrected chi connectivity index (χ1v) is 8.07. The Bertz CT molecular complexity index is 795. The van der Waals surface area contributed by atoms with Gasteiger partial charge in [0.15, 0.2) is 0 Å². The predicted molar refractivity (Wildman–Crippen MR) is 93.0 cm³/mol. The van der Waals surface area contributed by atoms with Crippen molar-refractivity contribution in [2.24, 2.45) is 0 Å². The molecule has 138 valence electrons. The highest BCUT2D eigenvalue weighted by Crippen LogP contribution is 2.36. The number of anilines is 1. The number of carbonyl (C=O) groups excluding carboxylic acids is 2. The van der Waals surface area contributed by atoms with E-state index in [2.05, 4.69) is 10.6 Å². The Morgan fingerprint density at radius 2 is 1.73 bits per heavy atom. The SMILES string of the molecule is C[C@H](CNC(=O)C(=O)Nc1ccc(Cl)c(C(F)(F)F)c1)c1ccccc1. The van der Waals surface area contributed by atoms with Crippen molar-refractivity contribution in [1.29, 1.82) is 0 Å². The lowest BCUT2D eigenvalue weighted by atomic mass is 10.0. The Kier molecular flexibility index (Phi) is 6.26. The molecule has 0 fully saturated rings. The maximum absolute atomic E-state index is 12.8. The second-order valence-electron chi connectivity index (χ2n) is 5.67. The first-order valence-electron chi connectivity index (χ1n) is 7.69. The minimum Gasteiger partial charge on any atom is -0.347 e. The van der Waals surface area contributed by atoms with E-state index in [9.17, 15) is 22.8 Å². The van der Waals surface area contributed by atoms with Crippen LogP contribution in [0.2, 0.25) is 5.02 Å². The van der Waals surface area contributed by atoms with Crippen LogP contribution in [-0.4, -0.2) is 18.4 Å². The van der Waals surface area contributed by atoms with Crippen molar-refractivity contribution in [2.75, 3.05) is 11.9 Å². The molecule has 0 unspecified atom stereocenters. The summed E-state index contributed by atoms with van der Waals surface area (Å²) in [6.07, 6.45) is -4.66. The molecule has 0 aromatic heterocycles. The monoisotopic (exact) mass is 384 g/mol. The second-order valence-corrected chi connectivity index (χ2v) is 6.08. The smallest absolute Gasteiger partial charge is 0.347 e. The number of amides is 2. The first-order chi connectivity index (χ1) is 12.2. The molecule has 0 heterocycles. The number of benzene rings is 2. The molecule has 0 spiro atoms. The topological polar surface area (TPSA) is 58.2 Å². The van der Waals surface area contributed by atoms with Gasteiger partial charge in [0.25, 0.3) is 0 Å². The van der Waals surface area contributed by atoms with Crippen LogP contribution >= 0.6 is 11.6 Å². The van der Waals surface area contributed by atoms with Gasteiger partial charge in [-0.2, -0.15) is 13.2 Å². The molecule has 8 heteroatoms. The lowest BCUT2D eigenvalue weighted by molar-refractivity contribution is -0.137. The summed E-state index contributed by atoms with van der Waals surface area (Å²) >= 11 is 5.51. The van der Waals surface area contributed by atoms with Crippen LogP contribution in [-0.2, 0) is 15.8 Å². The van der Waals surface area contributed by atoms with Crippen molar-refractivity contribution < 1.29 is 22.8 Å². The van der Waals surface area contributed by atoms with Crippen molar-refractivity contribution in [2.45, 2.75) is 19.0 Å². The van der Waals surface area contributed by atoms with Gasteiger partial charge in [0.1, 0.15) is 0 Å². The molecular formula is C18H16ClF3N2O2. The third-order valence-corrected chi connectivity index (χ3v) is 4.00. The molecule has 2 rings (SSSR count). The predicted octanol–water partition coefficient (Wildman–Crippen LogP) is 4.22. The summed E-state index contributed by atoms with van der Waals surface area (Å²) in [7, 11) is 0. The Hall–Kier alpha value is -2.54. The molecule has 0 radical (unpaired) electrons. The summed E-state index contributed by atoms with van der Waals surface area (Å²) in [6.45, 7) is 2.09. The number of halogens is 4. The molecule has 0 bridgehead atoms. The fraction of sp³-hybridized carbons (Fsp3) is 0.222. The zero-order valence-electron chi connectivity index (χ0n) is 13.7. The number of nitrogens with one attached hydrogen (secondary N) is 2. The van der Waals surface area contributed by atoms with E-state index in [-0.39, 0.29) is 18.2 Å². The number of rotatable bonds is 4. The lowest BCUT2D eigenvalue weighted by Gasteiger charge is -2.14. The van der Waals surface area contributed by atoms with Crippen LogP contribution in [0.5, 0.6) is 0 Å². The quantitative estimate of drug-likeness (QED) is 0.775. The first kappa shape index (κ1) is 19.8. The molecule has 2 N–H and O–H groups in total. The number of alkyl halides is 3. The number of hydrogen-bond acceptors (Lipinski definition) is 2. The Labute approximate surface area is 153 Å². The molecular weight excluding hydrogens is 369 g/mol. The molecule has 2 aromatic rings. The van der Waals surface area contributed by atoms with Crippen LogP contribution in [0.25, 0.3) is 0 Å². The summed E-state index contributed by atoms with van der Waals surface area (Å²) in [4.78, 5) is 23.7. The summed E-state index contributed by atoms with van der Waals surface area (Å²) in [6, 6.07) is 12.2. The molecule has 2 amide bonds. The Morgan fingerprint density at radius 1 is 1.08 bits per heavy atom. The highest BCUT2D eigenvalue weighted by Gasteiger charge is 2.33. The van der Waals surface area contributed by atoms with E-state index in [4.69, 9.17) is 11.6 Å². The lowest BCUT2D eigenvalue weighted by Crippen LogP contribution is -2.37. The van der Waals surface area contributed by atoms with E-state index < -0.39 is 28.6 Å². The molecule has 26 heavy (non-hydrogen) atoms. The third-order valence-electron chi connectivity index (χ3n) is 3.67. The van der Waals surface area contributed by atoms with Crippen molar-refractivity contribution in [3.8, 4) is 0 Å². The fourth-order valence-corrected chi connectivity index (χ4v) is 2.46. The second kappa shape index (κ2) is 8.23. The standard InChI is InChI=1S/C18H16ClF3N2O2/c1-11(12-5-3-2-4-6-12)10-23-16(25)17(26)24-13-7-8-15(19)14(9-13)18(20,21)22/h2-9,11H,10H2,1H3,(H,23,25)(H,24,26)/t11-/m1/s1. The minimum atomic E-state index is -4.66. The average Bonchev–Trinajstić information content (AvgIpc) is 2.60. The minimum absolute atomic E-state index is 0.0275. The molecule has 0 saturated carbocycles. The Morgan fingerprint density at radius 3 is 2.35 bits per heavy atom. The molecule has 0 aliphatic carbocycles. The summed E-state index contributed by atoms with van der Waals surface area (Å²) < 4.78 is 38.5. The highest BCUT2D eigenvalue weighted by atomic mass is 35.5. The van der Waals surface area contributed by atoms with Crippen molar-refractivity contribution in [3.05, 3.63) is 64.7 Å². The third kappa shape index (κ3) is 5.23. The van der Waals surface area contributed by atoms with E-state index in [0.717, 1.165) is 11.6 Å². The zero-order chi connectivity index (χ0) is 19.3. The van der Waals surface area contributed by atoms with Crippen molar-refractivity contribution in [1.82, 2.24) is 5.32 Å². The highest BCUT2D eigenvalue weighted by molar-refractivity contribution is 6.39. The van der Waals surface area contributed by atoms with Gasteiger partial charge in [-0.15, -0.1) is 0 Å². The van der Waals surface area contributed by atoms with Crippen LogP contribution in [0.15, 0.2) is 48.5 Å². The van der Waals surface area contributed by atoms with E-state index in [0.29, 0.717) is 6.07 Å². The van der Waals surface area contributed by atoms with Crippen LogP contribution in [0.1, 0.15) is 24.0 Å². The molecule has 4 nitrogen and oxygen atoms in total. The summed E-state index contributed by atoms with van der Waals surface area (Å²) in [5, 5.41) is 4.10. The maximum atomic E-state index is 12.8. The van der Waals surface area contributed by atoms with Gasteiger partial charge in [0.05, 0.1) is 10.6 Å². The van der Waals surface area contributed by atoms with E-state index in [1.54, 1.807) is 0 Å². The summed E-state index contributed by atoms with van der Waals surface area (Å²) in [5.41, 5.74) is -0.270. The fourth-order valence-electron chi connectivity index (χ4n) is 2.23. The van der Waals surface area contributed by atoms with Gasteiger partial charge in [0.2, 0.25) is 0 Å². The largest absolute Gasteiger partial charge is 0.417 e. The van der Waals surface area contributed by atoms with Gasteiger partial charge in [0, 0.05) is 12.2 Å². The molecule has 0 aliphatic rings. The number of carbonyl (C=O) groups is 2. The summed E-state index contributed by atoms with van der Waals surface area (Å²) in [5.74, 6) is -2.02. The van der Waals surface area contributed by atoms with E-state index >= 15 is 0 Å².